The monoisotopic (exact) mass is 316 g/mol. The van der Waals surface area contributed by atoms with Crippen molar-refractivity contribution >= 4 is 11.8 Å². The standard InChI is InChI=1S/C18H28N4O/c1-14-7-8-17(19-13-14)21-18(23)20-15-9-11-22(12-10-15)16-5-3-2-4-6-16/h7-8,13,15-16H,2-6,9-12H2,1H3,(H2,19,20,21,23). The number of amides is 2. The lowest BCUT2D eigenvalue weighted by molar-refractivity contribution is 0.117. The predicted octanol–water partition coefficient (Wildman–Crippen LogP) is 3.31. The van der Waals surface area contributed by atoms with Gasteiger partial charge in [-0.15, -0.1) is 0 Å². The Morgan fingerprint density at radius 2 is 1.87 bits per heavy atom. The summed E-state index contributed by atoms with van der Waals surface area (Å²) in [5.41, 5.74) is 1.09. The van der Waals surface area contributed by atoms with Gasteiger partial charge < -0.3 is 10.2 Å². The van der Waals surface area contributed by atoms with Crippen molar-refractivity contribution in [2.45, 2.75) is 64.0 Å². The first-order chi connectivity index (χ1) is 11.2. The van der Waals surface area contributed by atoms with E-state index in [1.165, 1.54) is 32.1 Å². The third-order valence-electron chi connectivity index (χ3n) is 5.11. The van der Waals surface area contributed by atoms with Crippen molar-refractivity contribution in [3.8, 4) is 0 Å². The highest BCUT2D eigenvalue weighted by atomic mass is 16.2. The van der Waals surface area contributed by atoms with Crippen LogP contribution >= 0.6 is 0 Å². The molecule has 1 aliphatic heterocycles. The molecular weight excluding hydrogens is 288 g/mol. The first-order valence-electron chi connectivity index (χ1n) is 8.95. The molecule has 1 aromatic rings. The van der Waals surface area contributed by atoms with Crippen LogP contribution in [0.5, 0.6) is 0 Å². The molecule has 1 saturated carbocycles. The molecule has 1 aliphatic carbocycles. The molecule has 0 radical (unpaired) electrons. The van der Waals surface area contributed by atoms with Gasteiger partial charge in [0, 0.05) is 31.4 Å². The van der Waals surface area contributed by atoms with E-state index < -0.39 is 0 Å². The van der Waals surface area contributed by atoms with Crippen molar-refractivity contribution in [1.29, 1.82) is 0 Å². The van der Waals surface area contributed by atoms with Crippen LogP contribution in [0.3, 0.4) is 0 Å². The summed E-state index contributed by atoms with van der Waals surface area (Å²) in [6, 6.07) is 4.71. The summed E-state index contributed by atoms with van der Waals surface area (Å²) < 4.78 is 0. The van der Waals surface area contributed by atoms with E-state index in [-0.39, 0.29) is 12.1 Å². The number of nitrogens with one attached hydrogen (secondary N) is 2. The Morgan fingerprint density at radius 3 is 2.52 bits per heavy atom. The summed E-state index contributed by atoms with van der Waals surface area (Å²) in [5, 5.41) is 5.90. The zero-order valence-electron chi connectivity index (χ0n) is 14.1. The summed E-state index contributed by atoms with van der Waals surface area (Å²) in [5.74, 6) is 0.604. The summed E-state index contributed by atoms with van der Waals surface area (Å²) in [6.07, 6.45) is 10.7. The molecule has 2 N–H and O–H groups in total. The number of urea groups is 1. The molecule has 3 rings (SSSR count). The van der Waals surface area contributed by atoms with Crippen LogP contribution in [-0.4, -0.2) is 41.1 Å². The Bertz CT molecular complexity index is 502. The fourth-order valence-electron chi connectivity index (χ4n) is 3.73. The molecule has 2 amide bonds. The molecular formula is C18H28N4O. The molecule has 1 aromatic heterocycles. The number of carbonyl (C=O) groups is 1. The van der Waals surface area contributed by atoms with Gasteiger partial charge in [0.05, 0.1) is 0 Å². The molecule has 0 atom stereocenters. The van der Waals surface area contributed by atoms with Gasteiger partial charge in [-0.05, 0) is 44.2 Å². The van der Waals surface area contributed by atoms with E-state index in [1.54, 1.807) is 6.20 Å². The lowest BCUT2D eigenvalue weighted by atomic mass is 9.92. The number of carbonyl (C=O) groups excluding carboxylic acids is 1. The van der Waals surface area contributed by atoms with Crippen molar-refractivity contribution in [1.82, 2.24) is 15.2 Å². The lowest BCUT2D eigenvalue weighted by Gasteiger charge is -2.39. The highest BCUT2D eigenvalue weighted by Gasteiger charge is 2.26. The van der Waals surface area contributed by atoms with Gasteiger partial charge in [0.2, 0.25) is 0 Å². The number of hydrogen-bond acceptors (Lipinski definition) is 3. The van der Waals surface area contributed by atoms with Gasteiger partial charge in [-0.3, -0.25) is 5.32 Å². The van der Waals surface area contributed by atoms with Crippen LogP contribution in [0.4, 0.5) is 10.6 Å². The van der Waals surface area contributed by atoms with E-state index in [1.807, 2.05) is 19.1 Å². The van der Waals surface area contributed by atoms with Crippen LogP contribution < -0.4 is 10.6 Å². The minimum atomic E-state index is -0.141. The number of aromatic nitrogens is 1. The fraction of sp³-hybridized carbons (Fsp3) is 0.667. The van der Waals surface area contributed by atoms with Gasteiger partial charge in [0.1, 0.15) is 5.82 Å². The van der Waals surface area contributed by atoms with Gasteiger partial charge in [0.25, 0.3) is 0 Å². The predicted molar refractivity (Wildman–Crippen MR) is 92.6 cm³/mol. The third-order valence-corrected chi connectivity index (χ3v) is 5.11. The van der Waals surface area contributed by atoms with Crippen molar-refractivity contribution in [2.24, 2.45) is 0 Å². The topological polar surface area (TPSA) is 57.3 Å². The summed E-state index contributed by atoms with van der Waals surface area (Å²) in [6.45, 7) is 4.20. The number of hydrogen-bond donors (Lipinski definition) is 2. The summed E-state index contributed by atoms with van der Waals surface area (Å²) in [7, 11) is 0. The molecule has 2 heterocycles. The van der Waals surface area contributed by atoms with E-state index in [0.717, 1.165) is 37.5 Å². The molecule has 0 aromatic carbocycles. The molecule has 0 bridgehead atoms. The Hall–Kier alpha value is -1.62. The SMILES string of the molecule is Cc1ccc(NC(=O)NC2CCN(C3CCCCC3)CC2)nc1. The molecule has 2 aliphatic rings. The maximum absolute atomic E-state index is 12.1. The first kappa shape index (κ1) is 16.2. The smallest absolute Gasteiger partial charge is 0.320 e. The third kappa shape index (κ3) is 4.67. The fourth-order valence-corrected chi connectivity index (χ4v) is 3.73. The van der Waals surface area contributed by atoms with Crippen LogP contribution in [0, 0.1) is 6.92 Å². The molecule has 0 unspecified atom stereocenters. The van der Waals surface area contributed by atoms with E-state index in [4.69, 9.17) is 0 Å². The molecule has 2 fully saturated rings. The second kappa shape index (κ2) is 7.77. The van der Waals surface area contributed by atoms with Crippen LogP contribution in [0.1, 0.15) is 50.5 Å². The van der Waals surface area contributed by atoms with E-state index in [0.29, 0.717) is 5.82 Å². The number of anilines is 1. The molecule has 0 spiro atoms. The van der Waals surface area contributed by atoms with Crippen LogP contribution in [0.2, 0.25) is 0 Å². The number of nitrogens with zero attached hydrogens (tertiary/aromatic N) is 2. The van der Waals surface area contributed by atoms with Crippen LogP contribution in [0.15, 0.2) is 18.3 Å². The molecule has 5 heteroatoms. The average molecular weight is 316 g/mol. The number of pyridine rings is 1. The molecule has 1 saturated heterocycles. The van der Waals surface area contributed by atoms with Crippen LogP contribution in [0.25, 0.3) is 0 Å². The van der Waals surface area contributed by atoms with E-state index in [2.05, 4.69) is 20.5 Å². The van der Waals surface area contributed by atoms with Gasteiger partial charge in [0.15, 0.2) is 0 Å². The Balaban J connectivity index is 1.41. The first-order valence-corrected chi connectivity index (χ1v) is 8.95. The largest absolute Gasteiger partial charge is 0.335 e. The molecule has 5 nitrogen and oxygen atoms in total. The van der Waals surface area contributed by atoms with Gasteiger partial charge in [-0.2, -0.15) is 0 Å². The number of rotatable bonds is 3. The lowest BCUT2D eigenvalue weighted by Crippen LogP contribution is -2.49. The molecule has 23 heavy (non-hydrogen) atoms. The van der Waals surface area contributed by atoms with Gasteiger partial charge in [-0.1, -0.05) is 25.3 Å². The molecule has 126 valence electrons. The van der Waals surface area contributed by atoms with Crippen molar-refractivity contribution in [3.05, 3.63) is 23.9 Å². The van der Waals surface area contributed by atoms with Crippen molar-refractivity contribution in [3.63, 3.8) is 0 Å². The Morgan fingerprint density at radius 1 is 1.13 bits per heavy atom. The normalized spacial score (nSPS) is 21.1. The van der Waals surface area contributed by atoms with Crippen molar-refractivity contribution in [2.75, 3.05) is 18.4 Å². The van der Waals surface area contributed by atoms with Gasteiger partial charge in [-0.25, -0.2) is 9.78 Å². The highest BCUT2D eigenvalue weighted by molar-refractivity contribution is 5.88. The second-order valence-electron chi connectivity index (χ2n) is 6.92. The zero-order valence-corrected chi connectivity index (χ0v) is 14.1. The average Bonchev–Trinajstić information content (AvgIpc) is 2.58. The minimum Gasteiger partial charge on any atom is -0.335 e. The maximum atomic E-state index is 12.1. The maximum Gasteiger partial charge on any atom is 0.320 e. The second-order valence-corrected chi connectivity index (χ2v) is 6.92. The number of piperidine rings is 1. The van der Waals surface area contributed by atoms with Crippen LogP contribution in [-0.2, 0) is 0 Å². The highest BCUT2D eigenvalue weighted by Crippen LogP contribution is 2.25. The number of likely N-dealkylation sites (tertiary alicyclic amines) is 1. The quantitative estimate of drug-likeness (QED) is 0.899. The number of aryl methyl sites for hydroxylation is 1. The van der Waals surface area contributed by atoms with Crippen molar-refractivity contribution < 1.29 is 4.79 Å². The summed E-state index contributed by atoms with van der Waals surface area (Å²) in [4.78, 5) is 18.9. The zero-order chi connectivity index (χ0) is 16.1. The van der Waals surface area contributed by atoms with Gasteiger partial charge >= 0.3 is 6.03 Å². The Kier molecular flexibility index (Phi) is 5.49. The minimum absolute atomic E-state index is 0.141. The van der Waals surface area contributed by atoms with E-state index in [9.17, 15) is 4.79 Å². The summed E-state index contributed by atoms with van der Waals surface area (Å²) >= 11 is 0. The van der Waals surface area contributed by atoms with E-state index >= 15 is 0 Å². The Labute approximate surface area is 138 Å².